The van der Waals surface area contributed by atoms with Gasteiger partial charge in [0.15, 0.2) is 0 Å². The van der Waals surface area contributed by atoms with Crippen LogP contribution in [-0.2, 0) is 6.54 Å². The van der Waals surface area contributed by atoms with Crippen LogP contribution in [0, 0.1) is 0 Å². The van der Waals surface area contributed by atoms with E-state index in [4.69, 9.17) is 0 Å². The fourth-order valence-electron chi connectivity index (χ4n) is 2.56. The molecular weight excluding hydrogens is 344 g/mol. The summed E-state index contributed by atoms with van der Waals surface area (Å²) in [6.07, 6.45) is 2.62. The summed E-state index contributed by atoms with van der Waals surface area (Å²) in [6, 6.07) is 12.2. The van der Waals surface area contributed by atoms with E-state index >= 15 is 0 Å². The minimum absolute atomic E-state index is 0.377. The van der Waals surface area contributed by atoms with Crippen molar-refractivity contribution >= 4 is 33.0 Å². The summed E-state index contributed by atoms with van der Waals surface area (Å²) in [5, 5.41) is 5.46. The van der Waals surface area contributed by atoms with Gasteiger partial charge in [0.1, 0.15) is 0 Å². The highest BCUT2D eigenvalue weighted by atomic mass is 79.9. The first-order valence-electron chi connectivity index (χ1n) is 7.44. The summed E-state index contributed by atoms with van der Waals surface area (Å²) in [5.74, 6) is 0. The Morgan fingerprint density at radius 2 is 2.19 bits per heavy atom. The predicted octanol–water partition coefficient (Wildman–Crippen LogP) is 4.96. The van der Waals surface area contributed by atoms with Crippen LogP contribution in [0.15, 0.2) is 40.2 Å². The zero-order valence-corrected chi connectivity index (χ0v) is 14.9. The third kappa shape index (κ3) is 3.50. The topological polar surface area (TPSA) is 15.3 Å². The molecule has 0 aliphatic heterocycles. The Hall–Kier alpha value is -0.840. The minimum atomic E-state index is 0.377. The van der Waals surface area contributed by atoms with Gasteiger partial charge in [-0.2, -0.15) is 0 Å². The van der Waals surface area contributed by atoms with Crippen molar-refractivity contribution in [3.8, 4) is 0 Å². The number of nitrogens with one attached hydrogen (secondary N) is 1. The highest BCUT2D eigenvalue weighted by Crippen LogP contribution is 2.38. The third-order valence-electron chi connectivity index (χ3n) is 4.11. The molecule has 3 rings (SSSR count). The lowest BCUT2D eigenvalue weighted by Crippen LogP contribution is -2.25. The number of rotatable bonds is 6. The Bertz CT molecular complexity index is 593. The smallest absolute Gasteiger partial charge is 0.0526 e. The molecule has 0 radical (unpaired) electrons. The first kappa shape index (κ1) is 15.1. The van der Waals surface area contributed by atoms with Gasteiger partial charge in [0.2, 0.25) is 0 Å². The molecule has 0 saturated heterocycles. The molecule has 1 N–H and O–H groups in total. The Balaban J connectivity index is 1.85. The second-order valence-corrected chi connectivity index (χ2v) is 7.55. The quantitative estimate of drug-likeness (QED) is 0.778. The summed E-state index contributed by atoms with van der Waals surface area (Å²) in [7, 11) is 2.00. The van der Waals surface area contributed by atoms with Crippen molar-refractivity contribution in [3.05, 3.63) is 50.6 Å². The molecule has 1 aliphatic rings. The Kier molecular flexibility index (Phi) is 4.67. The molecule has 1 aromatic heterocycles. The van der Waals surface area contributed by atoms with E-state index in [9.17, 15) is 0 Å². The fourth-order valence-corrected chi connectivity index (χ4v) is 3.89. The average Bonchev–Trinajstić information content (AvgIpc) is 3.21. The molecule has 1 saturated carbocycles. The molecule has 1 aliphatic carbocycles. The fraction of sp³-hybridized carbons (Fsp3) is 0.412. The van der Waals surface area contributed by atoms with Crippen LogP contribution in [0.2, 0.25) is 0 Å². The average molecular weight is 365 g/mol. The van der Waals surface area contributed by atoms with Crippen molar-refractivity contribution in [1.29, 1.82) is 0 Å². The number of thiophene rings is 1. The Labute approximate surface area is 139 Å². The summed E-state index contributed by atoms with van der Waals surface area (Å²) < 4.78 is 1.20. The highest BCUT2D eigenvalue weighted by Gasteiger charge is 2.30. The van der Waals surface area contributed by atoms with E-state index in [1.165, 1.54) is 33.4 Å². The lowest BCUT2D eigenvalue weighted by atomic mass is 10.1. The van der Waals surface area contributed by atoms with Gasteiger partial charge in [0.05, 0.1) is 12.2 Å². The SMILES string of the molecule is CNC(C)c1ccc(N(Cc2cccs2)C2CC2)c(Br)c1. The van der Waals surface area contributed by atoms with Crippen molar-refractivity contribution in [2.75, 3.05) is 11.9 Å². The van der Waals surface area contributed by atoms with Gasteiger partial charge in [-0.05, 0) is 71.9 Å². The monoisotopic (exact) mass is 364 g/mol. The van der Waals surface area contributed by atoms with E-state index in [1.54, 1.807) is 0 Å². The second kappa shape index (κ2) is 6.51. The molecular formula is C17H21BrN2S. The zero-order valence-electron chi connectivity index (χ0n) is 12.5. The van der Waals surface area contributed by atoms with Crippen LogP contribution in [0.1, 0.15) is 36.2 Å². The molecule has 1 unspecified atom stereocenters. The van der Waals surface area contributed by atoms with Gasteiger partial charge in [-0.25, -0.2) is 0 Å². The number of halogens is 1. The molecule has 4 heteroatoms. The van der Waals surface area contributed by atoms with Gasteiger partial charge in [0, 0.05) is 21.4 Å². The maximum absolute atomic E-state index is 3.78. The molecule has 1 atom stereocenters. The van der Waals surface area contributed by atoms with Crippen LogP contribution in [0.4, 0.5) is 5.69 Å². The first-order chi connectivity index (χ1) is 10.2. The van der Waals surface area contributed by atoms with Crippen molar-refractivity contribution in [2.45, 2.75) is 38.4 Å². The predicted molar refractivity (Wildman–Crippen MR) is 95.1 cm³/mol. The number of nitrogens with zero attached hydrogens (tertiary/aromatic N) is 1. The third-order valence-corrected chi connectivity index (χ3v) is 5.60. The first-order valence-corrected chi connectivity index (χ1v) is 9.12. The molecule has 112 valence electrons. The standard InChI is InChI=1S/C17H21BrN2S/c1-12(19-2)13-5-8-17(16(18)10-13)20(14-6-7-14)11-15-4-3-9-21-15/h3-5,8-10,12,14,19H,6-7,11H2,1-2H3. The second-order valence-electron chi connectivity index (χ2n) is 5.66. The van der Waals surface area contributed by atoms with Crippen molar-refractivity contribution in [3.63, 3.8) is 0 Å². The van der Waals surface area contributed by atoms with Crippen LogP contribution < -0.4 is 10.2 Å². The van der Waals surface area contributed by atoms with Gasteiger partial charge in [-0.3, -0.25) is 0 Å². The molecule has 2 nitrogen and oxygen atoms in total. The molecule has 0 amide bonds. The van der Waals surface area contributed by atoms with Gasteiger partial charge >= 0.3 is 0 Å². The van der Waals surface area contributed by atoms with Gasteiger partial charge in [0.25, 0.3) is 0 Å². The summed E-state index contributed by atoms with van der Waals surface area (Å²) in [4.78, 5) is 3.98. The maximum atomic E-state index is 3.78. The molecule has 1 aromatic carbocycles. The van der Waals surface area contributed by atoms with Crippen LogP contribution in [0.25, 0.3) is 0 Å². The highest BCUT2D eigenvalue weighted by molar-refractivity contribution is 9.10. The van der Waals surface area contributed by atoms with E-state index in [1.807, 2.05) is 18.4 Å². The molecule has 1 fully saturated rings. The van der Waals surface area contributed by atoms with Gasteiger partial charge < -0.3 is 10.2 Å². The maximum Gasteiger partial charge on any atom is 0.0526 e. The lowest BCUT2D eigenvalue weighted by Gasteiger charge is -2.26. The largest absolute Gasteiger partial charge is 0.362 e. The summed E-state index contributed by atoms with van der Waals surface area (Å²) in [5.41, 5.74) is 2.64. The Morgan fingerprint density at radius 1 is 1.38 bits per heavy atom. The zero-order chi connectivity index (χ0) is 14.8. The van der Waals surface area contributed by atoms with E-state index in [0.29, 0.717) is 12.1 Å². The molecule has 0 bridgehead atoms. The summed E-state index contributed by atoms with van der Waals surface area (Å²) >= 11 is 5.62. The molecule has 2 aromatic rings. The van der Waals surface area contributed by atoms with Crippen LogP contribution in [-0.4, -0.2) is 13.1 Å². The summed E-state index contributed by atoms with van der Waals surface area (Å²) in [6.45, 7) is 3.20. The van der Waals surface area contributed by atoms with E-state index in [0.717, 1.165) is 6.54 Å². The van der Waals surface area contributed by atoms with Crippen LogP contribution >= 0.6 is 27.3 Å². The number of benzene rings is 1. The van der Waals surface area contributed by atoms with Gasteiger partial charge in [-0.1, -0.05) is 12.1 Å². The van der Waals surface area contributed by atoms with E-state index < -0.39 is 0 Å². The molecule has 0 spiro atoms. The molecule has 1 heterocycles. The molecule has 21 heavy (non-hydrogen) atoms. The van der Waals surface area contributed by atoms with Crippen molar-refractivity contribution in [2.24, 2.45) is 0 Å². The normalized spacial score (nSPS) is 16.0. The minimum Gasteiger partial charge on any atom is -0.362 e. The van der Waals surface area contributed by atoms with E-state index in [2.05, 4.69) is 68.8 Å². The van der Waals surface area contributed by atoms with E-state index in [-0.39, 0.29) is 0 Å². The van der Waals surface area contributed by atoms with Crippen molar-refractivity contribution < 1.29 is 0 Å². The Morgan fingerprint density at radius 3 is 2.76 bits per heavy atom. The number of hydrogen-bond donors (Lipinski definition) is 1. The van der Waals surface area contributed by atoms with Gasteiger partial charge in [-0.15, -0.1) is 11.3 Å². The lowest BCUT2D eigenvalue weighted by molar-refractivity contribution is 0.651. The van der Waals surface area contributed by atoms with Crippen LogP contribution in [0.5, 0.6) is 0 Å². The number of anilines is 1. The number of hydrogen-bond acceptors (Lipinski definition) is 3. The van der Waals surface area contributed by atoms with Crippen LogP contribution in [0.3, 0.4) is 0 Å². The van der Waals surface area contributed by atoms with Crippen molar-refractivity contribution in [1.82, 2.24) is 5.32 Å².